The third-order valence-electron chi connectivity index (χ3n) is 4.43. The van der Waals surface area contributed by atoms with E-state index in [9.17, 15) is 9.59 Å². The highest BCUT2D eigenvalue weighted by molar-refractivity contribution is 5.94. The van der Waals surface area contributed by atoms with Crippen molar-refractivity contribution in [3.05, 3.63) is 57.5 Å². The van der Waals surface area contributed by atoms with E-state index in [1.807, 2.05) is 6.92 Å². The molecule has 25 heavy (non-hydrogen) atoms. The first-order valence-electron chi connectivity index (χ1n) is 8.61. The van der Waals surface area contributed by atoms with E-state index < -0.39 is 0 Å². The Labute approximate surface area is 146 Å². The second-order valence-electron chi connectivity index (χ2n) is 6.45. The SMILES string of the molecule is COc1cccc(C(=O)N[C@@H](C)Cn2nc3c(cc2=O)CCCC3)c1. The number of fused-ring (bicyclic) bond motifs is 1. The van der Waals surface area contributed by atoms with Crippen LogP contribution in [0.25, 0.3) is 0 Å². The monoisotopic (exact) mass is 341 g/mol. The molecular weight excluding hydrogens is 318 g/mol. The molecule has 0 radical (unpaired) electrons. The lowest BCUT2D eigenvalue weighted by Crippen LogP contribution is -2.39. The van der Waals surface area contributed by atoms with Crippen molar-refractivity contribution in [1.29, 1.82) is 0 Å². The van der Waals surface area contributed by atoms with Crippen molar-refractivity contribution in [2.24, 2.45) is 0 Å². The highest BCUT2D eigenvalue weighted by atomic mass is 16.5. The zero-order chi connectivity index (χ0) is 17.8. The topological polar surface area (TPSA) is 73.2 Å². The first kappa shape index (κ1) is 17.2. The third kappa shape index (κ3) is 4.07. The average molecular weight is 341 g/mol. The molecule has 132 valence electrons. The lowest BCUT2D eigenvalue weighted by Gasteiger charge is -2.18. The van der Waals surface area contributed by atoms with E-state index >= 15 is 0 Å². The summed E-state index contributed by atoms with van der Waals surface area (Å²) in [5.74, 6) is 0.435. The minimum Gasteiger partial charge on any atom is -0.497 e. The summed E-state index contributed by atoms with van der Waals surface area (Å²) >= 11 is 0. The summed E-state index contributed by atoms with van der Waals surface area (Å²) in [5, 5.41) is 7.40. The van der Waals surface area contributed by atoms with Crippen LogP contribution in [0.2, 0.25) is 0 Å². The van der Waals surface area contributed by atoms with Crippen molar-refractivity contribution >= 4 is 5.91 Å². The van der Waals surface area contributed by atoms with Crippen LogP contribution in [0.15, 0.2) is 35.1 Å². The number of amides is 1. The Balaban J connectivity index is 1.69. The number of ether oxygens (including phenoxy) is 1. The predicted molar refractivity (Wildman–Crippen MR) is 95.1 cm³/mol. The smallest absolute Gasteiger partial charge is 0.267 e. The van der Waals surface area contributed by atoms with E-state index in [0.29, 0.717) is 17.9 Å². The van der Waals surface area contributed by atoms with E-state index in [1.54, 1.807) is 37.4 Å². The molecule has 2 aromatic rings. The zero-order valence-electron chi connectivity index (χ0n) is 14.6. The third-order valence-corrected chi connectivity index (χ3v) is 4.43. The molecular formula is C19H23N3O3. The number of benzene rings is 1. The molecule has 1 atom stereocenters. The van der Waals surface area contributed by atoms with Gasteiger partial charge in [-0.25, -0.2) is 4.68 Å². The maximum Gasteiger partial charge on any atom is 0.267 e. The Morgan fingerprint density at radius 2 is 2.12 bits per heavy atom. The van der Waals surface area contributed by atoms with Crippen LogP contribution in [0.1, 0.15) is 41.4 Å². The highest BCUT2D eigenvalue weighted by Crippen LogP contribution is 2.17. The van der Waals surface area contributed by atoms with E-state index in [4.69, 9.17) is 4.74 Å². The predicted octanol–water partition coefficient (Wildman–Crippen LogP) is 1.95. The van der Waals surface area contributed by atoms with Crippen molar-refractivity contribution in [1.82, 2.24) is 15.1 Å². The molecule has 1 heterocycles. The number of hydrogen-bond donors (Lipinski definition) is 1. The lowest BCUT2D eigenvalue weighted by atomic mass is 9.97. The van der Waals surface area contributed by atoms with Gasteiger partial charge in [-0.3, -0.25) is 9.59 Å². The quantitative estimate of drug-likeness (QED) is 0.902. The number of hydrogen-bond acceptors (Lipinski definition) is 4. The fourth-order valence-corrected chi connectivity index (χ4v) is 3.11. The van der Waals surface area contributed by atoms with Crippen LogP contribution in [-0.2, 0) is 19.4 Å². The Bertz CT molecular complexity index is 829. The summed E-state index contributed by atoms with van der Waals surface area (Å²) in [6, 6.07) is 8.45. The van der Waals surface area contributed by atoms with Gasteiger partial charge in [0, 0.05) is 17.7 Å². The molecule has 0 aliphatic heterocycles. The molecule has 1 N–H and O–H groups in total. The fourth-order valence-electron chi connectivity index (χ4n) is 3.11. The fraction of sp³-hybridized carbons (Fsp3) is 0.421. The molecule has 0 spiro atoms. The molecule has 0 bridgehead atoms. The molecule has 6 heteroatoms. The van der Waals surface area contributed by atoms with E-state index in [2.05, 4.69) is 10.4 Å². The summed E-state index contributed by atoms with van der Waals surface area (Å²) in [5.41, 5.74) is 2.50. The van der Waals surface area contributed by atoms with Crippen LogP contribution in [0.5, 0.6) is 5.75 Å². The van der Waals surface area contributed by atoms with Crippen molar-refractivity contribution in [2.45, 2.75) is 45.2 Å². The van der Waals surface area contributed by atoms with Gasteiger partial charge in [0.15, 0.2) is 0 Å². The molecule has 1 aliphatic carbocycles. The van der Waals surface area contributed by atoms with Crippen LogP contribution in [0.4, 0.5) is 0 Å². The molecule has 3 rings (SSSR count). The van der Waals surface area contributed by atoms with Crippen LogP contribution in [0.3, 0.4) is 0 Å². The number of carbonyl (C=O) groups excluding carboxylic acids is 1. The second-order valence-corrected chi connectivity index (χ2v) is 6.45. The minimum absolute atomic E-state index is 0.108. The summed E-state index contributed by atoms with van der Waals surface area (Å²) in [6.45, 7) is 2.22. The summed E-state index contributed by atoms with van der Waals surface area (Å²) < 4.78 is 6.60. The molecule has 1 aromatic carbocycles. The lowest BCUT2D eigenvalue weighted by molar-refractivity contribution is 0.0935. The van der Waals surface area contributed by atoms with Crippen molar-refractivity contribution in [2.75, 3.05) is 7.11 Å². The number of nitrogens with one attached hydrogen (secondary N) is 1. The van der Waals surface area contributed by atoms with Gasteiger partial charge in [0.05, 0.1) is 19.3 Å². The Morgan fingerprint density at radius 3 is 2.92 bits per heavy atom. The molecule has 0 unspecified atom stereocenters. The summed E-state index contributed by atoms with van der Waals surface area (Å²) in [4.78, 5) is 24.6. The van der Waals surface area contributed by atoms with Gasteiger partial charge in [-0.15, -0.1) is 0 Å². The van der Waals surface area contributed by atoms with Gasteiger partial charge < -0.3 is 10.1 Å². The summed E-state index contributed by atoms with van der Waals surface area (Å²) in [7, 11) is 1.56. The number of aryl methyl sites for hydroxylation is 2. The Hall–Kier alpha value is -2.63. The zero-order valence-corrected chi connectivity index (χ0v) is 14.6. The molecule has 6 nitrogen and oxygen atoms in total. The minimum atomic E-state index is -0.217. The number of nitrogens with zero attached hydrogens (tertiary/aromatic N) is 2. The molecule has 1 amide bonds. The van der Waals surface area contributed by atoms with E-state index in [-0.39, 0.29) is 17.5 Å². The van der Waals surface area contributed by atoms with Gasteiger partial charge in [0.25, 0.3) is 11.5 Å². The molecule has 0 saturated carbocycles. The Morgan fingerprint density at radius 1 is 1.32 bits per heavy atom. The first-order valence-corrected chi connectivity index (χ1v) is 8.61. The van der Waals surface area contributed by atoms with E-state index in [0.717, 1.165) is 36.9 Å². The standard InChI is InChI=1S/C19H23N3O3/c1-13(20-19(24)15-7-5-8-16(10-15)25-2)12-22-18(23)11-14-6-3-4-9-17(14)21-22/h5,7-8,10-11,13H,3-4,6,9,12H2,1-2H3,(H,20,24)/t13-/m0/s1. The number of rotatable bonds is 5. The maximum absolute atomic E-state index is 12.4. The van der Waals surface area contributed by atoms with Crippen molar-refractivity contribution in [3.8, 4) is 5.75 Å². The van der Waals surface area contributed by atoms with Gasteiger partial charge in [-0.05, 0) is 56.4 Å². The van der Waals surface area contributed by atoms with Gasteiger partial charge in [0.1, 0.15) is 5.75 Å². The van der Waals surface area contributed by atoms with Gasteiger partial charge >= 0.3 is 0 Å². The first-order chi connectivity index (χ1) is 12.1. The van der Waals surface area contributed by atoms with Crippen molar-refractivity contribution in [3.63, 3.8) is 0 Å². The average Bonchev–Trinajstić information content (AvgIpc) is 2.62. The van der Waals surface area contributed by atoms with Gasteiger partial charge in [0.2, 0.25) is 0 Å². The maximum atomic E-state index is 12.4. The number of aromatic nitrogens is 2. The van der Waals surface area contributed by atoms with Crippen LogP contribution < -0.4 is 15.6 Å². The largest absolute Gasteiger partial charge is 0.497 e. The van der Waals surface area contributed by atoms with Gasteiger partial charge in [-0.2, -0.15) is 5.10 Å². The molecule has 0 fully saturated rings. The Kier molecular flexibility index (Phi) is 5.16. The number of carbonyl (C=O) groups is 1. The van der Waals surface area contributed by atoms with E-state index in [1.165, 1.54) is 4.68 Å². The van der Waals surface area contributed by atoms with Crippen molar-refractivity contribution < 1.29 is 9.53 Å². The van der Waals surface area contributed by atoms with Crippen LogP contribution >= 0.6 is 0 Å². The van der Waals surface area contributed by atoms with Crippen LogP contribution in [-0.4, -0.2) is 28.8 Å². The second kappa shape index (κ2) is 7.51. The molecule has 1 aliphatic rings. The number of methoxy groups -OCH3 is 1. The molecule has 0 saturated heterocycles. The highest BCUT2D eigenvalue weighted by Gasteiger charge is 2.16. The van der Waals surface area contributed by atoms with Crippen LogP contribution in [0, 0.1) is 0 Å². The summed E-state index contributed by atoms with van der Waals surface area (Å²) in [6.07, 6.45) is 4.08. The van der Waals surface area contributed by atoms with Gasteiger partial charge in [-0.1, -0.05) is 6.07 Å². The molecule has 1 aromatic heterocycles. The normalized spacial score (nSPS) is 14.5.